The average molecular weight is 466 g/mol. The van der Waals surface area contributed by atoms with Gasteiger partial charge in [0.05, 0.1) is 36.1 Å². The zero-order chi connectivity index (χ0) is 23.1. The van der Waals surface area contributed by atoms with Gasteiger partial charge < -0.3 is 13.9 Å². The number of ether oxygens (including phenoxy) is 1. The molecule has 2 aromatic heterocycles. The molecule has 8 heteroatoms. The van der Waals surface area contributed by atoms with Crippen molar-refractivity contribution in [2.45, 2.75) is 52.4 Å². The molecule has 1 unspecified atom stereocenters. The number of rotatable bonds is 6. The summed E-state index contributed by atoms with van der Waals surface area (Å²) in [5.74, 6) is 1.43. The van der Waals surface area contributed by atoms with Crippen LogP contribution in [0.15, 0.2) is 48.8 Å². The van der Waals surface area contributed by atoms with Gasteiger partial charge in [-0.05, 0) is 56.2 Å². The predicted octanol–water partition coefficient (Wildman–Crippen LogP) is 5.56. The van der Waals surface area contributed by atoms with Gasteiger partial charge in [-0.25, -0.2) is 9.37 Å². The maximum absolute atomic E-state index is 13.3. The van der Waals surface area contributed by atoms with Gasteiger partial charge >= 0.3 is 0 Å². The van der Waals surface area contributed by atoms with E-state index in [0.717, 1.165) is 46.3 Å². The van der Waals surface area contributed by atoms with Crippen molar-refractivity contribution in [3.05, 3.63) is 82.4 Å². The van der Waals surface area contributed by atoms with Crippen molar-refractivity contribution < 1.29 is 9.13 Å². The van der Waals surface area contributed by atoms with Crippen molar-refractivity contribution in [2.75, 3.05) is 0 Å². The quantitative estimate of drug-likeness (QED) is 0.329. The van der Waals surface area contributed by atoms with Crippen LogP contribution in [-0.4, -0.2) is 30.4 Å². The van der Waals surface area contributed by atoms with Crippen LogP contribution in [-0.2, 0) is 24.3 Å². The third-order valence-electron chi connectivity index (χ3n) is 5.96. The SMILES string of the molecule is CC(C)OCc1nnc2n1Cc1c(C(C)Cc3ccc(F)cc3)ncn1-c1ccc(Cl)cc1-2. The molecule has 2 aromatic carbocycles. The topological polar surface area (TPSA) is 57.8 Å². The van der Waals surface area contributed by atoms with E-state index in [1.54, 1.807) is 0 Å². The third kappa shape index (κ3) is 4.18. The molecule has 170 valence electrons. The van der Waals surface area contributed by atoms with E-state index >= 15 is 0 Å². The molecule has 0 saturated heterocycles. The van der Waals surface area contributed by atoms with Crippen LogP contribution in [0.25, 0.3) is 17.1 Å². The van der Waals surface area contributed by atoms with E-state index in [0.29, 0.717) is 18.2 Å². The highest BCUT2D eigenvalue weighted by Gasteiger charge is 2.27. The Morgan fingerprint density at radius 3 is 2.64 bits per heavy atom. The van der Waals surface area contributed by atoms with Crippen molar-refractivity contribution in [3.8, 4) is 17.1 Å². The van der Waals surface area contributed by atoms with Gasteiger partial charge in [-0.2, -0.15) is 0 Å². The Morgan fingerprint density at radius 2 is 1.88 bits per heavy atom. The summed E-state index contributed by atoms with van der Waals surface area (Å²) in [6.07, 6.45) is 2.71. The van der Waals surface area contributed by atoms with Crippen LogP contribution in [0.5, 0.6) is 0 Å². The maximum atomic E-state index is 13.3. The lowest BCUT2D eigenvalue weighted by Crippen LogP contribution is -2.13. The summed E-state index contributed by atoms with van der Waals surface area (Å²) in [6, 6.07) is 12.4. The molecule has 0 spiro atoms. The van der Waals surface area contributed by atoms with Crippen molar-refractivity contribution in [2.24, 2.45) is 0 Å². The van der Waals surface area contributed by atoms with Crippen molar-refractivity contribution >= 4 is 11.6 Å². The van der Waals surface area contributed by atoms with Crippen LogP contribution < -0.4 is 0 Å². The Hall–Kier alpha value is -3.03. The van der Waals surface area contributed by atoms with Gasteiger partial charge in [0.1, 0.15) is 12.4 Å². The summed E-state index contributed by atoms with van der Waals surface area (Å²) in [6.45, 7) is 7.08. The molecule has 3 heterocycles. The normalized spacial score (nSPS) is 13.4. The molecule has 0 N–H and O–H groups in total. The summed E-state index contributed by atoms with van der Waals surface area (Å²) in [4.78, 5) is 4.81. The van der Waals surface area contributed by atoms with Gasteiger partial charge in [0, 0.05) is 16.5 Å². The Labute approximate surface area is 197 Å². The fourth-order valence-corrected chi connectivity index (χ4v) is 4.50. The predicted molar refractivity (Wildman–Crippen MR) is 125 cm³/mol. The van der Waals surface area contributed by atoms with E-state index in [1.165, 1.54) is 12.1 Å². The lowest BCUT2D eigenvalue weighted by Gasteiger charge is -2.15. The molecule has 0 aliphatic carbocycles. The lowest BCUT2D eigenvalue weighted by atomic mass is 9.96. The standard InChI is InChI=1S/C25H25ClFN5O/c1-15(2)33-13-23-29-30-25-20-11-18(26)6-9-21(20)32-14-28-24(22(32)12-31(23)25)16(3)10-17-4-7-19(27)8-5-17/h4-9,11,14-16H,10,12-13H2,1-3H3. The number of hydrogen-bond acceptors (Lipinski definition) is 4. The van der Waals surface area contributed by atoms with Crippen LogP contribution >= 0.6 is 11.6 Å². The summed E-state index contributed by atoms with van der Waals surface area (Å²) in [5, 5.41) is 9.56. The number of hydrogen-bond donors (Lipinski definition) is 0. The zero-order valence-corrected chi connectivity index (χ0v) is 19.6. The van der Waals surface area contributed by atoms with Gasteiger partial charge in [-0.1, -0.05) is 30.7 Å². The first-order valence-electron chi connectivity index (χ1n) is 11.0. The monoisotopic (exact) mass is 465 g/mol. The summed E-state index contributed by atoms with van der Waals surface area (Å²) in [7, 11) is 0. The highest BCUT2D eigenvalue weighted by molar-refractivity contribution is 6.31. The lowest BCUT2D eigenvalue weighted by molar-refractivity contribution is 0.0595. The first-order valence-corrected chi connectivity index (χ1v) is 11.4. The number of aromatic nitrogens is 5. The molecule has 5 rings (SSSR count). The second kappa shape index (κ2) is 8.72. The summed E-state index contributed by atoms with van der Waals surface area (Å²) < 4.78 is 23.4. The molecule has 0 amide bonds. The minimum Gasteiger partial charge on any atom is -0.371 e. The van der Waals surface area contributed by atoms with Gasteiger partial charge in [-0.15, -0.1) is 10.2 Å². The highest BCUT2D eigenvalue weighted by atomic mass is 35.5. The highest BCUT2D eigenvalue weighted by Crippen LogP contribution is 2.36. The van der Waals surface area contributed by atoms with Gasteiger partial charge in [-0.3, -0.25) is 0 Å². The number of fused-ring (bicyclic) bond motifs is 5. The fraction of sp³-hybridized carbons (Fsp3) is 0.320. The minimum absolute atomic E-state index is 0.0854. The summed E-state index contributed by atoms with van der Waals surface area (Å²) in [5.41, 5.74) is 5.00. The zero-order valence-electron chi connectivity index (χ0n) is 18.8. The molecule has 0 saturated carbocycles. The summed E-state index contributed by atoms with van der Waals surface area (Å²) >= 11 is 6.36. The second-order valence-corrected chi connectivity index (χ2v) is 9.16. The molecule has 1 atom stereocenters. The van der Waals surface area contributed by atoms with Crippen LogP contribution in [0, 0.1) is 5.82 Å². The molecule has 1 aliphatic heterocycles. The molecule has 0 radical (unpaired) electrons. The number of halogens is 2. The Bertz CT molecular complexity index is 1290. The first-order chi connectivity index (χ1) is 15.9. The van der Waals surface area contributed by atoms with Gasteiger partial charge in [0.25, 0.3) is 0 Å². The van der Waals surface area contributed by atoms with Crippen molar-refractivity contribution in [1.82, 2.24) is 24.3 Å². The Balaban J connectivity index is 1.58. The molecule has 0 bridgehead atoms. The molecule has 33 heavy (non-hydrogen) atoms. The Morgan fingerprint density at radius 1 is 1.09 bits per heavy atom. The molecular formula is C25H25ClFN5O. The minimum atomic E-state index is -0.228. The average Bonchev–Trinajstić information content (AvgIpc) is 3.35. The van der Waals surface area contributed by atoms with E-state index in [4.69, 9.17) is 21.3 Å². The van der Waals surface area contributed by atoms with Gasteiger partial charge in [0.2, 0.25) is 0 Å². The van der Waals surface area contributed by atoms with E-state index in [2.05, 4.69) is 26.3 Å². The molecule has 4 aromatic rings. The van der Waals surface area contributed by atoms with Crippen LogP contribution in [0.1, 0.15) is 49.5 Å². The largest absolute Gasteiger partial charge is 0.371 e. The fourth-order valence-electron chi connectivity index (χ4n) is 4.33. The van der Waals surface area contributed by atoms with Crippen LogP contribution in [0.2, 0.25) is 5.02 Å². The molecule has 1 aliphatic rings. The number of benzene rings is 2. The molecule has 6 nitrogen and oxygen atoms in total. The second-order valence-electron chi connectivity index (χ2n) is 8.73. The first kappa shape index (κ1) is 21.8. The van der Waals surface area contributed by atoms with Crippen molar-refractivity contribution in [1.29, 1.82) is 0 Å². The van der Waals surface area contributed by atoms with E-state index in [1.807, 2.05) is 50.5 Å². The van der Waals surface area contributed by atoms with Gasteiger partial charge in [0.15, 0.2) is 11.6 Å². The Kier molecular flexibility index (Phi) is 5.76. The number of imidazole rings is 1. The van der Waals surface area contributed by atoms with E-state index < -0.39 is 0 Å². The maximum Gasteiger partial charge on any atom is 0.166 e. The third-order valence-corrected chi connectivity index (χ3v) is 6.20. The smallest absolute Gasteiger partial charge is 0.166 e. The van der Waals surface area contributed by atoms with Crippen molar-refractivity contribution in [3.63, 3.8) is 0 Å². The number of nitrogens with zero attached hydrogens (tertiary/aromatic N) is 5. The van der Waals surface area contributed by atoms with Crippen LogP contribution in [0.3, 0.4) is 0 Å². The van der Waals surface area contributed by atoms with Crippen LogP contribution in [0.4, 0.5) is 4.39 Å². The van der Waals surface area contributed by atoms with E-state index in [9.17, 15) is 4.39 Å². The molecular weight excluding hydrogens is 441 g/mol. The van der Waals surface area contributed by atoms with E-state index in [-0.39, 0.29) is 17.8 Å². The molecule has 0 fully saturated rings.